The molecule has 138 valence electrons. The summed E-state index contributed by atoms with van der Waals surface area (Å²) in [5.41, 5.74) is -1.34. The number of carbonyl (C=O) groups is 1. The lowest BCUT2D eigenvalue weighted by Gasteiger charge is -2.13. The van der Waals surface area contributed by atoms with Crippen LogP contribution < -0.4 is 10.1 Å². The molecule has 0 bridgehead atoms. The summed E-state index contributed by atoms with van der Waals surface area (Å²) in [6.07, 6.45) is -1.85. The molecular weight excluding hydrogens is 357 g/mol. The van der Waals surface area contributed by atoms with Crippen LogP contribution in [0.2, 0.25) is 0 Å². The second-order valence-electron chi connectivity index (χ2n) is 5.30. The highest BCUT2D eigenvalue weighted by Gasteiger charge is 2.33. The van der Waals surface area contributed by atoms with Crippen molar-refractivity contribution in [2.45, 2.75) is 6.18 Å². The largest absolute Gasteiger partial charge is 0.489 e. The molecule has 1 N–H and O–H groups in total. The van der Waals surface area contributed by atoms with E-state index in [0.29, 0.717) is 11.3 Å². The van der Waals surface area contributed by atoms with Gasteiger partial charge in [0.05, 0.1) is 11.3 Å². The normalized spacial score (nSPS) is 11.4. The summed E-state index contributed by atoms with van der Waals surface area (Å²) < 4.78 is 44.6. The standard InChI is InChI=1S/C20H15F3N2O2/c1-2-11-27-18-10-6-3-7-14(18)12-15(13-24)19(26)25-17-9-5-4-8-16(17)20(21,22)23/h2-10,12H,1,11H2,(H,25,26)/b15-12+. The number of benzene rings is 2. The van der Waals surface area contributed by atoms with Gasteiger partial charge < -0.3 is 10.1 Å². The average Bonchev–Trinajstić information content (AvgIpc) is 2.64. The Bertz CT molecular complexity index is 912. The van der Waals surface area contributed by atoms with Gasteiger partial charge in [-0.2, -0.15) is 18.4 Å². The van der Waals surface area contributed by atoms with E-state index in [9.17, 15) is 23.2 Å². The minimum absolute atomic E-state index is 0.220. The van der Waals surface area contributed by atoms with Gasteiger partial charge in [0.15, 0.2) is 0 Å². The summed E-state index contributed by atoms with van der Waals surface area (Å²) in [4.78, 5) is 12.3. The number of anilines is 1. The number of nitrogens with one attached hydrogen (secondary N) is 1. The maximum absolute atomic E-state index is 13.0. The molecule has 0 heterocycles. The van der Waals surface area contributed by atoms with Gasteiger partial charge in [-0.15, -0.1) is 0 Å². The fourth-order valence-corrected chi connectivity index (χ4v) is 2.21. The molecule has 4 nitrogen and oxygen atoms in total. The van der Waals surface area contributed by atoms with Crippen LogP contribution in [0.1, 0.15) is 11.1 Å². The van der Waals surface area contributed by atoms with Gasteiger partial charge in [-0.1, -0.05) is 43.0 Å². The predicted octanol–water partition coefficient (Wildman–Crippen LogP) is 4.82. The molecule has 2 rings (SSSR count). The molecule has 0 radical (unpaired) electrons. The number of alkyl halides is 3. The number of carbonyl (C=O) groups excluding carboxylic acids is 1. The number of hydrogen-bond donors (Lipinski definition) is 1. The third kappa shape index (κ3) is 5.22. The monoisotopic (exact) mass is 372 g/mol. The van der Waals surface area contributed by atoms with Crippen molar-refractivity contribution in [1.29, 1.82) is 5.26 Å². The Morgan fingerprint density at radius 3 is 2.52 bits per heavy atom. The second-order valence-corrected chi connectivity index (χ2v) is 5.30. The molecule has 0 aliphatic heterocycles. The molecule has 1 amide bonds. The molecule has 2 aromatic carbocycles. The van der Waals surface area contributed by atoms with E-state index in [1.165, 1.54) is 24.3 Å². The van der Waals surface area contributed by atoms with Crippen LogP contribution in [0.5, 0.6) is 5.75 Å². The molecule has 7 heteroatoms. The number of nitrogens with zero attached hydrogens (tertiary/aromatic N) is 1. The zero-order valence-electron chi connectivity index (χ0n) is 14.1. The van der Waals surface area contributed by atoms with Crippen LogP contribution >= 0.6 is 0 Å². The highest BCUT2D eigenvalue weighted by atomic mass is 19.4. The Labute approximate surface area is 154 Å². The number of rotatable bonds is 6. The Balaban J connectivity index is 2.32. The molecule has 0 aromatic heterocycles. The van der Waals surface area contributed by atoms with Crippen LogP contribution in [0.15, 0.2) is 66.8 Å². The third-order valence-electron chi connectivity index (χ3n) is 3.42. The van der Waals surface area contributed by atoms with Gasteiger partial charge in [0.2, 0.25) is 0 Å². The summed E-state index contributed by atoms with van der Waals surface area (Å²) in [5.74, 6) is -0.540. The van der Waals surface area contributed by atoms with Crippen LogP contribution in [0.25, 0.3) is 6.08 Å². The smallest absolute Gasteiger partial charge is 0.418 e. The SMILES string of the molecule is C=CCOc1ccccc1/C=C(\C#N)C(=O)Nc1ccccc1C(F)(F)F. The summed E-state index contributed by atoms with van der Waals surface area (Å²) >= 11 is 0. The van der Waals surface area contributed by atoms with E-state index < -0.39 is 23.3 Å². The first-order chi connectivity index (χ1) is 12.9. The fourth-order valence-electron chi connectivity index (χ4n) is 2.21. The summed E-state index contributed by atoms with van der Waals surface area (Å²) in [7, 11) is 0. The lowest BCUT2D eigenvalue weighted by molar-refractivity contribution is -0.137. The van der Waals surface area contributed by atoms with E-state index in [1.54, 1.807) is 30.3 Å². The summed E-state index contributed by atoms with van der Waals surface area (Å²) in [5, 5.41) is 11.4. The Morgan fingerprint density at radius 1 is 1.19 bits per heavy atom. The molecule has 0 fully saturated rings. The number of para-hydroxylation sites is 2. The second kappa shape index (κ2) is 8.72. The van der Waals surface area contributed by atoms with E-state index in [-0.39, 0.29) is 12.2 Å². The Morgan fingerprint density at radius 2 is 1.85 bits per heavy atom. The maximum Gasteiger partial charge on any atom is 0.418 e. The topological polar surface area (TPSA) is 62.1 Å². The Hall–Kier alpha value is -3.53. The molecule has 27 heavy (non-hydrogen) atoms. The molecule has 0 saturated carbocycles. The molecule has 0 spiro atoms. The van der Waals surface area contributed by atoms with Crippen molar-refractivity contribution in [3.8, 4) is 11.8 Å². The number of ether oxygens (including phenoxy) is 1. The molecule has 0 unspecified atom stereocenters. The zero-order chi connectivity index (χ0) is 19.9. The van der Waals surface area contributed by atoms with E-state index in [4.69, 9.17) is 4.74 Å². The van der Waals surface area contributed by atoms with E-state index >= 15 is 0 Å². The molecule has 2 aromatic rings. The highest BCUT2D eigenvalue weighted by molar-refractivity contribution is 6.10. The molecule has 0 saturated heterocycles. The number of halogens is 3. The Kier molecular flexibility index (Phi) is 6.39. The first kappa shape index (κ1) is 19.8. The van der Waals surface area contributed by atoms with Crippen molar-refractivity contribution in [3.05, 3.63) is 77.9 Å². The summed E-state index contributed by atoms with van der Waals surface area (Å²) in [6, 6.07) is 12.9. The van der Waals surface area contributed by atoms with Gasteiger partial charge in [-0.25, -0.2) is 0 Å². The maximum atomic E-state index is 13.0. The first-order valence-electron chi connectivity index (χ1n) is 7.79. The third-order valence-corrected chi connectivity index (χ3v) is 3.42. The van der Waals surface area contributed by atoms with Gasteiger partial charge in [0.25, 0.3) is 5.91 Å². The van der Waals surface area contributed by atoms with Crippen LogP contribution in [0.4, 0.5) is 18.9 Å². The van der Waals surface area contributed by atoms with Gasteiger partial charge in [-0.3, -0.25) is 4.79 Å². The van der Waals surface area contributed by atoms with Crippen LogP contribution in [-0.4, -0.2) is 12.5 Å². The highest BCUT2D eigenvalue weighted by Crippen LogP contribution is 2.34. The molecule has 0 aliphatic carbocycles. The van der Waals surface area contributed by atoms with Gasteiger partial charge in [-0.05, 0) is 24.3 Å². The van der Waals surface area contributed by atoms with E-state index in [1.807, 2.05) is 0 Å². The zero-order valence-corrected chi connectivity index (χ0v) is 14.1. The minimum Gasteiger partial charge on any atom is -0.489 e. The van der Waals surface area contributed by atoms with Crippen molar-refractivity contribution in [2.75, 3.05) is 11.9 Å². The van der Waals surface area contributed by atoms with Crippen molar-refractivity contribution in [3.63, 3.8) is 0 Å². The van der Waals surface area contributed by atoms with Gasteiger partial charge >= 0.3 is 6.18 Å². The minimum atomic E-state index is -4.63. The van der Waals surface area contributed by atoms with Crippen molar-refractivity contribution < 1.29 is 22.7 Å². The van der Waals surface area contributed by atoms with E-state index in [0.717, 1.165) is 12.1 Å². The van der Waals surface area contributed by atoms with Crippen molar-refractivity contribution in [1.82, 2.24) is 0 Å². The lowest BCUT2D eigenvalue weighted by Crippen LogP contribution is -2.17. The quantitative estimate of drug-likeness (QED) is 0.449. The average molecular weight is 372 g/mol. The van der Waals surface area contributed by atoms with Gasteiger partial charge in [0.1, 0.15) is 24.0 Å². The van der Waals surface area contributed by atoms with Crippen molar-refractivity contribution >= 4 is 17.7 Å². The molecule has 0 aliphatic rings. The first-order valence-corrected chi connectivity index (χ1v) is 7.79. The van der Waals surface area contributed by atoms with E-state index in [2.05, 4.69) is 11.9 Å². The predicted molar refractivity (Wildman–Crippen MR) is 95.8 cm³/mol. The number of amides is 1. The summed E-state index contributed by atoms with van der Waals surface area (Å²) in [6.45, 7) is 3.76. The van der Waals surface area contributed by atoms with Gasteiger partial charge in [0, 0.05) is 5.56 Å². The molecule has 0 atom stereocenters. The lowest BCUT2D eigenvalue weighted by atomic mass is 10.1. The number of nitriles is 1. The fraction of sp³-hybridized carbons (Fsp3) is 0.100. The van der Waals surface area contributed by atoms with Crippen LogP contribution in [0.3, 0.4) is 0 Å². The number of hydrogen-bond acceptors (Lipinski definition) is 3. The van der Waals surface area contributed by atoms with Crippen LogP contribution in [-0.2, 0) is 11.0 Å². The van der Waals surface area contributed by atoms with Crippen molar-refractivity contribution in [2.24, 2.45) is 0 Å². The molecular formula is C20H15F3N2O2. The van der Waals surface area contributed by atoms with Crippen LogP contribution in [0, 0.1) is 11.3 Å².